The van der Waals surface area contributed by atoms with E-state index in [0.29, 0.717) is 23.7 Å². The number of hydrogen-bond donors (Lipinski definition) is 1. The largest absolute Gasteiger partial charge is 0.481 e. The average molecular weight is 296 g/mol. The van der Waals surface area contributed by atoms with Crippen molar-refractivity contribution in [3.63, 3.8) is 0 Å². The molecular weight excluding hydrogens is 280 g/mol. The van der Waals surface area contributed by atoms with Crippen molar-refractivity contribution in [3.05, 3.63) is 58.8 Å². The van der Waals surface area contributed by atoms with Crippen LogP contribution in [0.5, 0.6) is 0 Å². The third-order valence-corrected chi connectivity index (χ3v) is 3.62. The Kier molecular flexibility index (Phi) is 3.58. The van der Waals surface area contributed by atoms with Gasteiger partial charge in [0.2, 0.25) is 0 Å². The molecule has 0 atom stereocenters. The summed E-state index contributed by atoms with van der Waals surface area (Å²) < 4.78 is 1.74. The lowest BCUT2D eigenvalue weighted by Gasteiger charge is -2.10. The third kappa shape index (κ3) is 2.55. The van der Waals surface area contributed by atoms with E-state index in [-0.39, 0.29) is 6.42 Å². The minimum Gasteiger partial charge on any atom is -0.481 e. The van der Waals surface area contributed by atoms with Gasteiger partial charge in [0.25, 0.3) is 0 Å². The standard InChI is InChI=1S/C16H16N4O2/c1-10-13(8-12-6-4-3-5-7-12)16-19-18-14(9-15(21)22)20(16)11(2)17-10/h3-7H,8-9H2,1-2H3,(H,21,22). The maximum atomic E-state index is 11.0. The molecule has 0 fully saturated rings. The van der Waals surface area contributed by atoms with E-state index in [4.69, 9.17) is 5.11 Å². The lowest BCUT2D eigenvalue weighted by Crippen LogP contribution is -2.10. The van der Waals surface area contributed by atoms with Gasteiger partial charge in [0.05, 0.1) is 0 Å². The molecule has 0 aliphatic heterocycles. The van der Waals surface area contributed by atoms with Crippen LogP contribution in [0.2, 0.25) is 0 Å². The van der Waals surface area contributed by atoms with E-state index in [9.17, 15) is 4.79 Å². The van der Waals surface area contributed by atoms with E-state index in [1.54, 1.807) is 4.40 Å². The van der Waals surface area contributed by atoms with Gasteiger partial charge in [-0.05, 0) is 19.4 Å². The summed E-state index contributed by atoms with van der Waals surface area (Å²) >= 11 is 0. The molecular formula is C16H16N4O2. The summed E-state index contributed by atoms with van der Waals surface area (Å²) in [7, 11) is 0. The van der Waals surface area contributed by atoms with Crippen LogP contribution >= 0.6 is 0 Å². The summed E-state index contributed by atoms with van der Waals surface area (Å²) in [6.07, 6.45) is 0.520. The highest BCUT2D eigenvalue weighted by atomic mass is 16.4. The summed E-state index contributed by atoms with van der Waals surface area (Å²) in [5.41, 5.74) is 3.70. The molecule has 0 saturated heterocycles. The fourth-order valence-corrected chi connectivity index (χ4v) is 2.63. The van der Waals surface area contributed by atoms with Crippen molar-refractivity contribution in [1.29, 1.82) is 0 Å². The summed E-state index contributed by atoms with van der Waals surface area (Å²) in [4.78, 5) is 15.5. The molecule has 0 radical (unpaired) electrons. The number of rotatable bonds is 4. The predicted molar refractivity (Wildman–Crippen MR) is 80.8 cm³/mol. The van der Waals surface area contributed by atoms with Crippen molar-refractivity contribution in [2.45, 2.75) is 26.7 Å². The van der Waals surface area contributed by atoms with Crippen molar-refractivity contribution in [2.24, 2.45) is 0 Å². The van der Waals surface area contributed by atoms with Crippen LogP contribution in [-0.4, -0.2) is 30.7 Å². The third-order valence-electron chi connectivity index (χ3n) is 3.62. The second-order valence-electron chi connectivity index (χ2n) is 5.23. The van der Waals surface area contributed by atoms with Gasteiger partial charge in [-0.1, -0.05) is 30.3 Å². The van der Waals surface area contributed by atoms with Crippen LogP contribution in [0, 0.1) is 13.8 Å². The van der Waals surface area contributed by atoms with Crippen molar-refractivity contribution in [1.82, 2.24) is 19.6 Å². The van der Waals surface area contributed by atoms with Gasteiger partial charge in [0.1, 0.15) is 18.1 Å². The van der Waals surface area contributed by atoms with Gasteiger partial charge >= 0.3 is 5.97 Å². The summed E-state index contributed by atoms with van der Waals surface area (Å²) in [5.74, 6) is 0.172. The monoisotopic (exact) mass is 296 g/mol. The van der Waals surface area contributed by atoms with Crippen molar-refractivity contribution >= 4 is 11.6 Å². The molecule has 3 rings (SSSR count). The number of aromatic nitrogens is 4. The minimum atomic E-state index is -0.932. The van der Waals surface area contributed by atoms with E-state index in [1.807, 2.05) is 44.2 Å². The van der Waals surface area contributed by atoms with Gasteiger partial charge in [-0.25, -0.2) is 4.98 Å². The SMILES string of the molecule is Cc1nc(C)n2c(CC(=O)O)nnc2c1Cc1ccccc1. The molecule has 6 heteroatoms. The van der Waals surface area contributed by atoms with Gasteiger partial charge in [0.15, 0.2) is 5.65 Å². The maximum absolute atomic E-state index is 11.0. The fourth-order valence-electron chi connectivity index (χ4n) is 2.63. The lowest BCUT2D eigenvalue weighted by molar-refractivity contribution is -0.136. The molecule has 22 heavy (non-hydrogen) atoms. The molecule has 0 saturated carbocycles. The topological polar surface area (TPSA) is 80.4 Å². The first-order chi connectivity index (χ1) is 10.6. The number of aryl methyl sites for hydroxylation is 2. The molecule has 0 aliphatic carbocycles. The molecule has 1 N–H and O–H groups in total. The molecule has 0 amide bonds. The van der Waals surface area contributed by atoms with Crippen LogP contribution in [-0.2, 0) is 17.6 Å². The second-order valence-corrected chi connectivity index (χ2v) is 5.23. The average Bonchev–Trinajstić information content (AvgIpc) is 2.88. The molecule has 0 bridgehead atoms. The smallest absolute Gasteiger partial charge is 0.311 e. The molecule has 3 aromatic rings. The number of carbonyl (C=O) groups is 1. The van der Waals surface area contributed by atoms with Crippen LogP contribution in [0.1, 0.15) is 28.5 Å². The Morgan fingerprint density at radius 3 is 2.59 bits per heavy atom. The Morgan fingerprint density at radius 1 is 1.18 bits per heavy atom. The van der Waals surface area contributed by atoms with E-state index in [1.165, 1.54) is 0 Å². The number of carboxylic acids is 1. The molecule has 2 heterocycles. The number of nitrogens with zero attached hydrogens (tertiary/aromatic N) is 4. The number of hydrogen-bond acceptors (Lipinski definition) is 4. The van der Waals surface area contributed by atoms with Gasteiger partial charge < -0.3 is 5.11 Å². The Morgan fingerprint density at radius 2 is 1.91 bits per heavy atom. The fraction of sp³-hybridized carbons (Fsp3) is 0.250. The maximum Gasteiger partial charge on any atom is 0.311 e. The van der Waals surface area contributed by atoms with Crippen LogP contribution in [0.15, 0.2) is 30.3 Å². The highest BCUT2D eigenvalue weighted by Crippen LogP contribution is 2.19. The second kappa shape index (κ2) is 5.55. The first-order valence-corrected chi connectivity index (χ1v) is 7.02. The highest BCUT2D eigenvalue weighted by molar-refractivity contribution is 5.69. The molecule has 1 aromatic carbocycles. The van der Waals surface area contributed by atoms with Crippen molar-refractivity contribution in [3.8, 4) is 0 Å². The Balaban J connectivity index is 2.14. The van der Waals surface area contributed by atoms with E-state index < -0.39 is 5.97 Å². The van der Waals surface area contributed by atoms with Crippen LogP contribution in [0.4, 0.5) is 0 Å². The van der Waals surface area contributed by atoms with Gasteiger partial charge in [-0.15, -0.1) is 10.2 Å². The van der Waals surface area contributed by atoms with Crippen LogP contribution < -0.4 is 0 Å². The van der Waals surface area contributed by atoms with E-state index >= 15 is 0 Å². The molecule has 0 aliphatic rings. The number of fused-ring (bicyclic) bond motifs is 1. The van der Waals surface area contributed by atoms with Gasteiger partial charge in [-0.3, -0.25) is 9.20 Å². The van der Waals surface area contributed by atoms with Crippen LogP contribution in [0.3, 0.4) is 0 Å². The van der Waals surface area contributed by atoms with E-state index in [2.05, 4.69) is 15.2 Å². The number of benzene rings is 1. The quantitative estimate of drug-likeness (QED) is 0.796. The van der Waals surface area contributed by atoms with Crippen molar-refractivity contribution in [2.75, 3.05) is 0 Å². The Hall–Kier alpha value is -2.76. The molecule has 2 aromatic heterocycles. The minimum absolute atomic E-state index is 0.169. The molecule has 112 valence electrons. The predicted octanol–water partition coefficient (Wildman–Crippen LogP) is 1.96. The highest BCUT2D eigenvalue weighted by Gasteiger charge is 2.17. The summed E-state index contributed by atoms with van der Waals surface area (Å²) in [6, 6.07) is 10.0. The molecule has 0 spiro atoms. The van der Waals surface area contributed by atoms with E-state index in [0.717, 1.165) is 16.8 Å². The lowest BCUT2D eigenvalue weighted by atomic mass is 10.0. The van der Waals surface area contributed by atoms with Gasteiger partial charge in [-0.2, -0.15) is 0 Å². The Bertz CT molecular complexity index is 840. The van der Waals surface area contributed by atoms with Crippen LogP contribution in [0.25, 0.3) is 5.65 Å². The summed E-state index contributed by atoms with van der Waals surface area (Å²) in [6.45, 7) is 3.78. The number of aliphatic carboxylic acids is 1. The van der Waals surface area contributed by atoms with Gasteiger partial charge in [0, 0.05) is 17.7 Å². The zero-order chi connectivity index (χ0) is 15.7. The van der Waals surface area contributed by atoms with Crippen molar-refractivity contribution < 1.29 is 9.90 Å². The normalized spacial score (nSPS) is 11.0. The summed E-state index contributed by atoms with van der Waals surface area (Å²) in [5, 5.41) is 17.2. The molecule has 0 unspecified atom stereocenters. The zero-order valence-corrected chi connectivity index (χ0v) is 12.4. The first-order valence-electron chi connectivity index (χ1n) is 7.02. The molecule has 6 nitrogen and oxygen atoms in total. The number of carboxylic acid groups (broad SMARTS) is 1. The zero-order valence-electron chi connectivity index (χ0n) is 12.4. The Labute approximate surface area is 127 Å². The first kappa shape index (κ1) is 14.2.